The fraction of sp³-hybridized carbons (Fsp3) is 0.111. The molecule has 0 amide bonds. The molecule has 0 saturated carbocycles. The average Bonchev–Trinajstić information content (AvgIpc) is 2.82. The van der Waals surface area contributed by atoms with Gasteiger partial charge in [0.25, 0.3) is 10.0 Å². The molecule has 0 saturated heterocycles. The minimum Gasteiger partial charge on any atom is -0.266 e. The first kappa shape index (κ1) is 10.8. The number of nitrogens with one attached hydrogen (secondary N) is 2. The molecule has 0 aromatic carbocycles. The van der Waals surface area contributed by atoms with Crippen LogP contribution in [0.4, 0.5) is 0 Å². The zero-order valence-electron chi connectivity index (χ0n) is 8.29. The van der Waals surface area contributed by atoms with Crippen LogP contribution in [0.15, 0.2) is 41.7 Å². The van der Waals surface area contributed by atoms with E-state index in [0.717, 1.165) is 0 Å². The lowest BCUT2D eigenvalue weighted by molar-refractivity contribution is 0.576. The number of pyridine rings is 1. The van der Waals surface area contributed by atoms with E-state index < -0.39 is 10.0 Å². The van der Waals surface area contributed by atoms with Gasteiger partial charge in [-0.2, -0.15) is 5.10 Å². The molecule has 7 heteroatoms. The predicted molar refractivity (Wildman–Crippen MR) is 56.9 cm³/mol. The summed E-state index contributed by atoms with van der Waals surface area (Å²) in [5.41, 5.74) is 0.658. The van der Waals surface area contributed by atoms with Crippen LogP contribution in [-0.2, 0) is 16.6 Å². The summed E-state index contributed by atoms with van der Waals surface area (Å²) in [6.07, 6.45) is 3.00. The number of H-pyrrole nitrogens is 1. The Labute approximate surface area is 92.8 Å². The van der Waals surface area contributed by atoms with Crippen molar-refractivity contribution in [1.82, 2.24) is 19.9 Å². The Bertz CT molecular complexity index is 536. The number of hydrogen-bond acceptors (Lipinski definition) is 4. The van der Waals surface area contributed by atoms with Gasteiger partial charge in [0.1, 0.15) is 0 Å². The summed E-state index contributed by atoms with van der Waals surface area (Å²) in [4.78, 5) is 4.01. The average molecular weight is 238 g/mol. The third-order valence-corrected chi connectivity index (χ3v) is 3.26. The van der Waals surface area contributed by atoms with E-state index in [2.05, 4.69) is 19.9 Å². The predicted octanol–water partition coefficient (Wildman–Crippen LogP) is 0.283. The Morgan fingerprint density at radius 3 is 2.75 bits per heavy atom. The fourth-order valence-electron chi connectivity index (χ4n) is 1.14. The Balaban J connectivity index is 2.07. The molecule has 2 heterocycles. The van der Waals surface area contributed by atoms with Crippen molar-refractivity contribution in [2.45, 2.75) is 11.6 Å². The molecule has 2 rings (SSSR count). The lowest BCUT2D eigenvalue weighted by Crippen LogP contribution is -2.24. The molecule has 84 valence electrons. The highest BCUT2D eigenvalue weighted by atomic mass is 32.2. The van der Waals surface area contributed by atoms with E-state index in [4.69, 9.17) is 0 Å². The van der Waals surface area contributed by atoms with Crippen molar-refractivity contribution in [3.8, 4) is 0 Å². The van der Waals surface area contributed by atoms with Gasteiger partial charge in [0.05, 0.1) is 18.4 Å². The van der Waals surface area contributed by atoms with E-state index in [-0.39, 0.29) is 11.6 Å². The van der Waals surface area contributed by atoms with Crippen molar-refractivity contribution in [2.24, 2.45) is 0 Å². The maximum Gasteiger partial charge on any atom is 0.257 e. The zero-order chi connectivity index (χ0) is 11.4. The van der Waals surface area contributed by atoms with Crippen molar-refractivity contribution in [3.05, 3.63) is 42.4 Å². The minimum absolute atomic E-state index is 0.0448. The lowest BCUT2D eigenvalue weighted by atomic mass is 10.4. The summed E-state index contributed by atoms with van der Waals surface area (Å²) in [5, 5.41) is 6.02. The molecule has 2 N–H and O–H groups in total. The topological polar surface area (TPSA) is 87.7 Å². The van der Waals surface area contributed by atoms with Crippen LogP contribution in [0.5, 0.6) is 0 Å². The van der Waals surface area contributed by atoms with Crippen LogP contribution in [0.1, 0.15) is 5.69 Å². The number of nitrogens with zero attached hydrogens (tertiary/aromatic N) is 2. The fourth-order valence-corrected chi connectivity index (χ4v) is 2.05. The molecule has 6 nitrogen and oxygen atoms in total. The highest BCUT2D eigenvalue weighted by Gasteiger charge is 2.14. The number of hydrogen-bond donors (Lipinski definition) is 2. The normalized spacial score (nSPS) is 11.5. The monoisotopic (exact) mass is 238 g/mol. The van der Waals surface area contributed by atoms with Gasteiger partial charge in [0.2, 0.25) is 0 Å². The number of aromatic amines is 1. The van der Waals surface area contributed by atoms with Crippen LogP contribution in [0.3, 0.4) is 0 Å². The van der Waals surface area contributed by atoms with Crippen molar-refractivity contribution in [2.75, 3.05) is 0 Å². The maximum absolute atomic E-state index is 11.7. The Kier molecular flexibility index (Phi) is 2.97. The second-order valence-electron chi connectivity index (χ2n) is 3.07. The summed E-state index contributed by atoms with van der Waals surface area (Å²) < 4.78 is 25.7. The van der Waals surface area contributed by atoms with Gasteiger partial charge in [-0.3, -0.25) is 10.1 Å². The van der Waals surface area contributed by atoms with Crippen molar-refractivity contribution >= 4 is 10.0 Å². The largest absolute Gasteiger partial charge is 0.266 e. The van der Waals surface area contributed by atoms with Gasteiger partial charge in [-0.15, -0.1) is 0 Å². The van der Waals surface area contributed by atoms with Gasteiger partial charge in [-0.1, -0.05) is 6.07 Å². The van der Waals surface area contributed by atoms with Gasteiger partial charge in [-0.25, -0.2) is 13.1 Å². The van der Waals surface area contributed by atoms with Crippen LogP contribution in [-0.4, -0.2) is 23.6 Å². The van der Waals surface area contributed by atoms with Crippen molar-refractivity contribution in [3.63, 3.8) is 0 Å². The molecular weight excluding hydrogens is 228 g/mol. The molecule has 0 aliphatic carbocycles. The summed E-state index contributed by atoms with van der Waals surface area (Å²) in [7, 11) is -3.52. The summed E-state index contributed by atoms with van der Waals surface area (Å²) in [6, 6.07) is 6.70. The Morgan fingerprint density at radius 2 is 2.12 bits per heavy atom. The maximum atomic E-state index is 11.7. The molecule has 0 spiro atoms. The van der Waals surface area contributed by atoms with Gasteiger partial charge in [0.15, 0.2) is 5.03 Å². The van der Waals surface area contributed by atoms with Crippen molar-refractivity contribution < 1.29 is 8.42 Å². The number of rotatable bonds is 4. The summed E-state index contributed by atoms with van der Waals surface area (Å²) in [5.74, 6) is 0. The SMILES string of the molecule is O=S(=O)(NCc1ccccn1)c1ccn[nH]1. The number of aromatic nitrogens is 3. The lowest BCUT2D eigenvalue weighted by Gasteiger charge is -2.03. The zero-order valence-corrected chi connectivity index (χ0v) is 9.11. The van der Waals surface area contributed by atoms with Crippen molar-refractivity contribution in [1.29, 1.82) is 0 Å². The molecule has 2 aromatic rings. The third kappa shape index (κ3) is 2.44. The van der Waals surface area contributed by atoms with Crippen LogP contribution in [0.25, 0.3) is 0 Å². The van der Waals surface area contributed by atoms with E-state index in [9.17, 15) is 8.42 Å². The Morgan fingerprint density at radius 1 is 1.25 bits per heavy atom. The second-order valence-corrected chi connectivity index (χ2v) is 4.80. The quantitative estimate of drug-likeness (QED) is 0.801. The molecule has 0 aliphatic rings. The van der Waals surface area contributed by atoms with Crippen LogP contribution in [0.2, 0.25) is 0 Å². The van der Waals surface area contributed by atoms with Crippen LogP contribution < -0.4 is 4.72 Å². The van der Waals surface area contributed by atoms with E-state index in [0.29, 0.717) is 5.69 Å². The first-order valence-corrected chi connectivity index (χ1v) is 6.06. The molecule has 0 radical (unpaired) electrons. The summed E-state index contributed by atoms with van der Waals surface area (Å²) in [6.45, 7) is 0.155. The Hall–Kier alpha value is -1.73. The van der Waals surface area contributed by atoms with E-state index in [1.165, 1.54) is 12.3 Å². The van der Waals surface area contributed by atoms with Crippen LogP contribution >= 0.6 is 0 Å². The van der Waals surface area contributed by atoms with Gasteiger partial charge in [-0.05, 0) is 18.2 Å². The van der Waals surface area contributed by atoms with E-state index in [1.54, 1.807) is 24.4 Å². The third-order valence-electron chi connectivity index (χ3n) is 1.93. The molecule has 0 atom stereocenters. The molecule has 0 bridgehead atoms. The molecule has 0 unspecified atom stereocenters. The first-order valence-electron chi connectivity index (χ1n) is 4.57. The first-order chi connectivity index (χ1) is 7.68. The molecular formula is C9H10N4O2S. The van der Waals surface area contributed by atoms with E-state index >= 15 is 0 Å². The van der Waals surface area contributed by atoms with Gasteiger partial charge in [0, 0.05) is 6.20 Å². The molecule has 16 heavy (non-hydrogen) atoms. The molecule has 0 fully saturated rings. The van der Waals surface area contributed by atoms with Gasteiger partial charge < -0.3 is 0 Å². The highest BCUT2D eigenvalue weighted by Crippen LogP contribution is 2.03. The van der Waals surface area contributed by atoms with Gasteiger partial charge >= 0.3 is 0 Å². The molecule has 2 aromatic heterocycles. The van der Waals surface area contributed by atoms with E-state index in [1.807, 2.05) is 0 Å². The summed E-state index contributed by atoms with van der Waals surface area (Å²) >= 11 is 0. The smallest absolute Gasteiger partial charge is 0.257 e. The minimum atomic E-state index is -3.52. The molecule has 0 aliphatic heterocycles. The second kappa shape index (κ2) is 4.42. The van der Waals surface area contributed by atoms with Crippen LogP contribution in [0, 0.1) is 0 Å². The number of sulfonamides is 1. The standard InChI is InChI=1S/C9H10N4O2S/c14-16(15,9-4-6-11-13-9)12-7-8-3-1-2-5-10-8/h1-6,12H,7H2,(H,11,13). The highest BCUT2D eigenvalue weighted by molar-refractivity contribution is 7.89.